The normalized spacial score (nSPS) is 20.6. The summed E-state index contributed by atoms with van der Waals surface area (Å²) in [4.78, 5) is 4.42. The van der Waals surface area contributed by atoms with Crippen LogP contribution >= 0.6 is 0 Å². The van der Waals surface area contributed by atoms with Gasteiger partial charge in [-0.2, -0.15) is 0 Å². The van der Waals surface area contributed by atoms with Gasteiger partial charge in [-0.3, -0.25) is 4.98 Å². The molecule has 2 saturated carbocycles. The van der Waals surface area contributed by atoms with Gasteiger partial charge in [-0.1, -0.05) is 18.2 Å². The summed E-state index contributed by atoms with van der Waals surface area (Å²) in [6, 6.07) is 10.6. The van der Waals surface area contributed by atoms with Crippen LogP contribution in [0.4, 0.5) is 0 Å². The lowest BCUT2D eigenvalue weighted by Gasteiger charge is -2.15. The van der Waals surface area contributed by atoms with Gasteiger partial charge in [-0.15, -0.1) is 0 Å². The molecule has 98 valence electrons. The maximum absolute atomic E-state index is 4.42. The van der Waals surface area contributed by atoms with Gasteiger partial charge in [0.15, 0.2) is 0 Å². The minimum atomic E-state index is 0.683. The zero-order valence-corrected chi connectivity index (χ0v) is 11.2. The Hall–Kier alpha value is -1.41. The van der Waals surface area contributed by atoms with Gasteiger partial charge in [0.05, 0.1) is 5.52 Å². The van der Waals surface area contributed by atoms with E-state index >= 15 is 0 Å². The molecule has 0 amide bonds. The summed E-state index contributed by atoms with van der Waals surface area (Å²) in [5, 5.41) is 4.98. The molecule has 2 aromatic rings. The van der Waals surface area contributed by atoms with Crippen LogP contribution in [0.1, 0.15) is 31.2 Å². The molecule has 0 unspecified atom stereocenters. The van der Waals surface area contributed by atoms with E-state index in [1.165, 1.54) is 43.2 Å². The van der Waals surface area contributed by atoms with E-state index in [4.69, 9.17) is 0 Å². The number of aromatic nitrogens is 1. The zero-order valence-electron chi connectivity index (χ0n) is 11.2. The van der Waals surface area contributed by atoms with E-state index in [0.717, 1.165) is 18.0 Å². The third-order valence-corrected chi connectivity index (χ3v) is 4.87. The number of rotatable bonds is 5. The fourth-order valence-corrected chi connectivity index (χ4v) is 3.34. The van der Waals surface area contributed by atoms with E-state index in [0.29, 0.717) is 5.41 Å². The van der Waals surface area contributed by atoms with Crippen LogP contribution in [0, 0.1) is 11.3 Å². The molecule has 0 spiro atoms. The number of benzene rings is 1. The molecule has 0 radical (unpaired) electrons. The van der Waals surface area contributed by atoms with E-state index in [-0.39, 0.29) is 0 Å². The highest BCUT2D eigenvalue weighted by Gasteiger charge is 2.53. The zero-order chi connectivity index (χ0) is 12.7. The van der Waals surface area contributed by atoms with Crippen molar-refractivity contribution in [3.05, 3.63) is 42.1 Å². The average molecular weight is 252 g/mol. The van der Waals surface area contributed by atoms with Crippen LogP contribution in [-0.2, 0) is 6.54 Å². The lowest BCUT2D eigenvalue weighted by atomic mass is 10.0. The Balaban J connectivity index is 1.46. The molecule has 0 atom stereocenters. The molecular weight excluding hydrogens is 232 g/mol. The van der Waals surface area contributed by atoms with Gasteiger partial charge in [-0.05, 0) is 54.7 Å². The molecule has 19 heavy (non-hydrogen) atoms. The number of hydrogen-bond acceptors (Lipinski definition) is 2. The summed E-state index contributed by atoms with van der Waals surface area (Å²) in [6.45, 7) is 2.17. The van der Waals surface area contributed by atoms with Gasteiger partial charge in [0, 0.05) is 24.7 Å². The van der Waals surface area contributed by atoms with Gasteiger partial charge in [0.25, 0.3) is 0 Å². The van der Waals surface area contributed by atoms with Crippen LogP contribution < -0.4 is 5.32 Å². The quantitative estimate of drug-likeness (QED) is 0.880. The van der Waals surface area contributed by atoms with Crippen molar-refractivity contribution < 1.29 is 0 Å². The summed E-state index contributed by atoms with van der Waals surface area (Å²) in [6.07, 6.45) is 7.76. The summed E-state index contributed by atoms with van der Waals surface area (Å²) in [5.41, 5.74) is 3.16. The topological polar surface area (TPSA) is 24.9 Å². The molecule has 2 aliphatic rings. The molecule has 0 saturated heterocycles. The Morgan fingerprint density at radius 2 is 2.00 bits per heavy atom. The predicted octanol–water partition coefficient (Wildman–Crippen LogP) is 3.51. The molecule has 2 aliphatic carbocycles. The number of nitrogens with zero attached hydrogens (tertiary/aromatic N) is 1. The number of hydrogen-bond donors (Lipinski definition) is 1. The van der Waals surface area contributed by atoms with E-state index in [2.05, 4.69) is 40.6 Å². The lowest BCUT2D eigenvalue weighted by molar-refractivity contribution is 0.404. The van der Waals surface area contributed by atoms with Crippen molar-refractivity contribution in [2.45, 2.75) is 32.2 Å². The second kappa shape index (κ2) is 4.31. The second-order valence-corrected chi connectivity index (χ2v) is 6.23. The Kier molecular flexibility index (Phi) is 2.59. The molecule has 1 heterocycles. The lowest BCUT2D eigenvalue weighted by Crippen LogP contribution is -2.25. The molecule has 1 aromatic carbocycles. The average Bonchev–Trinajstić information content (AvgIpc) is 3.32. The minimum absolute atomic E-state index is 0.683. The van der Waals surface area contributed by atoms with E-state index in [9.17, 15) is 0 Å². The standard InChI is InChI=1S/C17H20N2/c1-2-4-16-15(3-1)13(7-10-19-16)11-18-12-17(8-9-17)14-5-6-14/h1-4,7,10,14,18H,5-6,8-9,11-12H2. The van der Waals surface area contributed by atoms with E-state index < -0.39 is 0 Å². The highest BCUT2D eigenvalue weighted by atomic mass is 14.9. The highest BCUT2D eigenvalue weighted by Crippen LogP contribution is 2.60. The first-order chi connectivity index (χ1) is 9.37. The molecule has 2 heteroatoms. The predicted molar refractivity (Wildman–Crippen MR) is 77.8 cm³/mol. The second-order valence-electron chi connectivity index (χ2n) is 6.23. The monoisotopic (exact) mass is 252 g/mol. The molecular formula is C17H20N2. The fraction of sp³-hybridized carbons (Fsp3) is 0.471. The van der Waals surface area contributed by atoms with Crippen LogP contribution in [0.2, 0.25) is 0 Å². The molecule has 4 rings (SSSR count). The van der Waals surface area contributed by atoms with Crippen molar-refractivity contribution in [3.8, 4) is 0 Å². The highest BCUT2D eigenvalue weighted by molar-refractivity contribution is 5.81. The SMILES string of the molecule is c1ccc2c(CNCC3(C4CC4)CC3)ccnc2c1. The Labute approximate surface area is 114 Å². The molecule has 1 aromatic heterocycles. The van der Waals surface area contributed by atoms with Gasteiger partial charge in [0.2, 0.25) is 0 Å². The Morgan fingerprint density at radius 1 is 1.16 bits per heavy atom. The molecule has 1 N–H and O–H groups in total. The Bertz CT molecular complexity index is 592. The maximum atomic E-state index is 4.42. The fourth-order valence-electron chi connectivity index (χ4n) is 3.34. The van der Waals surface area contributed by atoms with Crippen LogP contribution in [0.3, 0.4) is 0 Å². The van der Waals surface area contributed by atoms with Gasteiger partial charge < -0.3 is 5.32 Å². The van der Waals surface area contributed by atoms with Crippen LogP contribution in [0.25, 0.3) is 10.9 Å². The first-order valence-electron chi connectivity index (χ1n) is 7.41. The van der Waals surface area contributed by atoms with Crippen LogP contribution in [-0.4, -0.2) is 11.5 Å². The summed E-state index contributed by atoms with van der Waals surface area (Å²) in [7, 11) is 0. The smallest absolute Gasteiger partial charge is 0.0705 e. The summed E-state index contributed by atoms with van der Waals surface area (Å²) >= 11 is 0. The third-order valence-electron chi connectivity index (χ3n) is 4.87. The number of para-hydroxylation sites is 1. The molecule has 2 nitrogen and oxygen atoms in total. The van der Waals surface area contributed by atoms with Crippen molar-refractivity contribution in [2.75, 3.05) is 6.54 Å². The summed E-state index contributed by atoms with van der Waals surface area (Å²) in [5.74, 6) is 1.04. The number of fused-ring (bicyclic) bond motifs is 1. The molecule has 0 aliphatic heterocycles. The first kappa shape index (κ1) is 11.4. The Morgan fingerprint density at radius 3 is 2.79 bits per heavy atom. The van der Waals surface area contributed by atoms with Crippen LogP contribution in [0.15, 0.2) is 36.5 Å². The number of nitrogens with one attached hydrogen (secondary N) is 1. The first-order valence-corrected chi connectivity index (χ1v) is 7.41. The van der Waals surface area contributed by atoms with Crippen molar-refractivity contribution in [3.63, 3.8) is 0 Å². The largest absolute Gasteiger partial charge is 0.312 e. The maximum Gasteiger partial charge on any atom is 0.0705 e. The van der Waals surface area contributed by atoms with E-state index in [1.807, 2.05) is 6.20 Å². The van der Waals surface area contributed by atoms with Crippen molar-refractivity contribution in [1.29, 1.82) is 0 Å². The molecule has 0 bridgehead atoms. The third kappa shape index (κ3) is 2.14. The van der Waals surface area contributed by atoms with Crippen molar-refractivity contribution in [1.82, 2.24) is 10.3 Å². The minimum Gasteiger partial charge on any atom is -0.312 e. The van der Waals surface area contributed by atoms with Crippen LogP contribution in [0.5, 0.6) is 0 Å². The van der Waals surface area contributed by atoms with Gasteiger partial charge in [-0.25, -0.2) is 0 Å². The van der Waals surface area contributed by atoms with Gasteiger partial charge in [0.1, 0.15) is 0 Å². The van der Waals surface area contributed by atoms with E-state index in [1.54, 1.807) is 0 Å². The summed E-state index contributed by atoms with van der Waals surface area (Å²) < 4.78 is 0. The van der Waals surface area contributed by atoms with Gasteiger partial charge >= 0.3 is 0 Å². The molecule has 2 fully saturated rings. The van der Waals surface area contributed by atoms with Crippen molar-refractivity contribution >= 4 is 10.9 Å². The number of pyridine rings is 1. The van der Waals surface area contributed by atoms with Crippen molar-refractivity contribution in [2.24, 2.45) is 11.3 Å².